The van der Waals surface area contributed by atoms with Crippen LogP contribution in [-0.4, -0.2) is 22.7 Å². The summed E-state index contributed by atoms with van der Waals surface area (Å²) in [5.41, 5.74) is 2.08. The Morgan fingerprint density at radius 1 is 1.08 bits per heavy atom. The van der Waals surface area contributed by atoms with E-state index in [-0.39, 0.29) is 5.91 Å². The standard InChI is InChI=1S/C19H19N3O2S/c1-14-8-5-6-11-16(14)24-13-7-12-17(23)20-19-22-21-18(25-19)15-9-3-2-4-10-15/h2-6,8-11H,7,12-13H2,1H3,(H,20,22,23). The van der Waals surface area contributed by atoms with Crippen molar-refractivity contribution in [2.45, 2.75) is 19.8 Å². The lowest BCUT2D eigenvalue weighted by Crippen LogP contribution is -2.12. The van der Waals surface area contributed by atoms with E-state index >= 15 is 0 Å². The first-order valence-corrected chi connectivity index (χ1v) is 8.91. The average Bonchev–Trinajstić information content (AvgIpc) is 3.09. The Morgan fingerprint density at radius 3 is 2.64 bits per heavy atom. The Kier molecular flexibility index (Phi) is 5.74. The number of carbonyl (C=O) groups excluding carboxylic acids is 1. The second-order valence-electron chi connectivity index (χ2n) is 5.54. The predicted octanol–water partition coefficient (Wildman–Crippen LogP) is 4.31. The minimum atomic E-state index is -0.0795. The average molecular weight is 353 g/mol. The third-order valence-electron chi connectivity index (χ3n) is 3.59. The van der Waals surface area contributed by atoms with Crippen LogP contribution in [0.1, 0.15) is 18.4 Å². The fourth-order valence-electron chi connectivity index (χ4n) is 2.29. The van der Waals surface area contributed by atoms with E-state index in [1.165, 1.54) is 11.3 Å². The maximum absolute atomic E-state index is 12.0. The molecule has 25 heavy (non-hydrogen) atoms. The van der Waals surface area contributed by atoms with Gasteiger partial charge in [0.05, 0.1) is 6.61 Å². The van der Waals surface area contributed by atoms with Gasteiger partial charge in [0.25, 0.3) is 0 Å². The van der Waals surface area contributed by atoms with Crippen molar-refractivity contribution in [2.75, 3.05) is 11.9 Å². The highest BCUT2D eigenvalue weighted by molar-refractivity contribution is 7.18. The van der Waals surface area contributed by atoms with Crippen LogP contribution in [0.2, 0.25) is 0 Å². The molecular weight excluding hydrogens is 334 g/mol. The molecule has 0 unspecified atom stereocenters. The highest BCUT2D eigenvalue weighted by Gasteiger charge is 2.09. The normalized spacial score (nSPS) is 10.4. The summed E-state index contributed by atoms with van der Waals surface area (Å²) in [5.74, 6) is 0.781. The SMILES string of the molecule is Cc1ccccc1OCCCC(=O)Nc1nnc(-c2ccccc2)s1. The fraction of sp³-hybridized carbons (Fsp3) is 0.211. The first kappa shape index (κ1) is 17.1. The van der Waals surface area contributed by atoms with Crippen molar-refractivity contribution < 1.29 is 9.53 Å². The summed E-state index contributed by atoms with van der Waals surface area (Å²) in [6.07, 6.45) is 1.02. The van der Waals surface area contributed by atoms with Gasteiger partial charge in [-0.25, -0.2) is 0 Å². The van der Waals surface area contributed by atoms with Crippen LogP contribution in [0.4, 0.5) is 5.13 Å². The van der Waals surface area contributed by atoms with E-state index in [1.807, 2.05) is 61.5 Å². The molecule has 5 nitrogen and oxygen atoms in total. The van der Waals surface area contributed by atoms with Gasteiger partial charge in [-0.2, -0.15) is 0 Å². The number of carbonyl (C=O) groups is 1. The monoisotopic (exact) mass is 353 g/mol. The Bertz CT molecular complexity index is 833. The van der Waals surface area contributed by atoms with Crippen LogP contribution >= 0.6 is 11.3 Å². The summed E-state index contributed by atoms with van der Waals surface area (Å²) >= 11 is 1.37. The largest absolute Gasteiger partial charge is 0.493 e. The van der Waals surface area contributed by atoms with Crippen molar-refractivity contribution >= 4 is 22.4 Å². The van der Waals surface area contributed by atoms with Gasteiger partial charge < -0.3 is 10.1 Å². The molecule has 0 spiro atoms. The van der Waals surface area contributed by atoms with E-state index in [0.29, 0.717) is 24.6 Å². The van der Waals surface area contributed by atoms with Gasteiger partial charge in [0, 0.05) is 12.0 Å². The van der Waals surface area contributed by atoms with Crippen molar-refractivity contribution in [1.29, 1.82) is 0 Å². The van der Waals surface area contributed by atoms with Crippen LogP contribution in [-0.2, 0) is 4.79 Å². The Labute approximate surface area is 150 Å². The number of hydrogen-bond acceptors (Lipinski definition) is 5. The quantitative estimate of drug-likeness (QED) is 0.643. The lowest BCUT2D eigenvalue weighted by Gasteiger charge is -2.08. The van der Waals surface area contributed by atoms with Gasteiger partial charge in [-0.3, -0.25) is 4.79 Å². The topological polar surface area (TPSA) is 64.1 Å². The summed E-state index contributed by atoms with van der Waals surface area (Å²) in [7, 11) is 0. The molecule has 1 N–H and O–H groups in total. The number of nitrogens with zero attached hydrogens (tertiary/aromatic N) is 2. The van der Waals surface area contributed by atoms with Gasteiger partial charge >= 0.3 is 0 Å². The molecule has 2 aromatic carbocycles. The molecule has 0 aliphatic carbocycles. The number of hydrogen-bond donors (Lipinski definition) is 1. The molecule has 1 amide bonds. The van der Waals surface area contributed by atoms with Crippen LogP contribution in [0, 0.1) is 6.92 Å². The Hall–Kier alpha value is -2.73. The zero-order chi connectivity index (χ0) is 17.5. The van der Waals surface area contributed by atoms with Crippen LogP contribution in [0.3, 0.4) is 0 Å². The second-order valence-corrected chi connectivity index (χ2v) is 6.52. The second kappa shape index (κ2) is 8.39. The lowest BCUT2D eigenvalue weighted by atomic mass is 10.2. The van der Waals surface area contributed by atoms with Gasteiger partial charge in [0.15, 0.2) is 0 Å². The Morgan fingerprint density at radius 2 is 1.84 bits per heavy atom. The third kappa shape index (κ3) is 4.87. The number of amides is 1. The van der Waals surface area contributed by atoms with Crippen molar-refractivity contribution in [2.24, 2.45) is 0 Å². The summed E-state index contributed by atoms with van der Waals surface area (Å²) in [4.78, 5) is 12.0. The third-order valence-corrected chi connectivity index (χ3v) is 4.48. The van der Waals surface area contributed by atoms with Gasteiger partial charge in [-0.15, -0.1) is 10.2 Å². The number of benzene rings is 2. The lowest BCUT2D eigenvalue weighted by molar-refractivity contribution is -0.116. The molecule has 0 saturated heterocycles. The van der Waals surface area contributed by atoms with Crippen LogP contribution < -0.4 is 10.1 Å². The molecule has 0 aliphatic rings. The smallest absolute Gasteiger partial charge is 0.226 e. The molecule has 6 heteroatoms. The van der Waals surface area contributed by atoms with Gasteiger partial charge in [-0.05, 0) is 25.0 Å². The van der Waals surface area contributed by atoms with Crippen molar-refractivity contribution in [3.05, 3.63) is 60.2 Å². The van der Waals surface area contributed by atoms with Gasteiger partial charge in [0.1, 0.15) is 10.8 Å². The molecule has 128 valence electrons. The molecule has 3 aromatic rings. The summed E-state index contributed by atoms with van der Waals surface area (Å²) in [5, 5.41) is 12.2. The fourth-order valence-corrected chi connectivity index (χ4v) is 3.05. The number of anilines is 1. The van der Waals surface area contributed by atoms with Crippen molar-refractivity contribution in [1.82, 2.24) is 10.2 Å². The maximum atomic E-state index is 12.0. The number of para-hydroxylation sites is 1. The molecule has 0 atom stereocenters. The molecule has 0 aliphatic heterocycles. The molecule has 0 bridgehead atoms. The zero-order valence-corrected chi connectivity index (χ0v) is 14.8. The first-order valence-electron chi connectivity index (χ1n) is 8.09. The highest BCUT2D eigenvalue weighted by atomic mass is 32.1. The highest BCUT2D eigenvalue weighted by Crippen LogP contribution is 2.26. The Balaban J connectivity index is 1.44. The van der Waals surface area contributed by atoms with E-state index in [9.17, 15) is 4.79 Å². The van der Waals surface area contributed by atoms with Crippen molar-refractivity contribution in [3.8, 4) is 16.3 Å². The summed E-state index contributed by atoms with van der Waals surface area (Å²) in [6, 6.07) is 17.6. The molecule has 1 heterocycles. The van der Waals surface area contributed by atoms with E-state index in [2.05, 4.69) is 15.5 Å². The molecular formula is C19H19N3O2S. The number of rotatable bonds is 7. The molecule has 0 radical (unpaired) electrons. The van der Waals surface area contributed by atoms with Crippen LogP contribution in [0.5, 0.6) is 5.75 Å². The number of aryl methyl sites for hydroxylation is 1. The summed E-state index contributed by atoms with van der Waals surface area (Å²) in [6.45, 7) is 2.51. The number of ether oxygens (including phenoxy) is 1. The molecule has 1 aromatic heterocycles. The molecule has 0 saturated carbocycles. The van der Waals surface area contributed by atoms with Crippen molar-refractivity contribution in [3.63, 3.8) is 0 Å². The zero-order valence-electron chi connectivity index (χ0n) is 13.9. The van der Waals surface area contributed by atoms with E-state index in [4.69, 9.17) is 4.74 Å². The predicted molar refractivity (Wildman–Crippen MR) is 99.9 cm³/mol. The van der Waals surface area contributed by atoms with Crippen LogP contribution in [0.25, 0.3) is 10.6 Å². The van der Waals surface area contributed by atoms with Gasteiger partial charge in [-0.1, -0.05) is 59.9 Å². The molecule has 3 rings (SSSR count). The van der Waals surface area contributed by atoms with E-state index in [0.717, 1.165) is 21.9 Å². The number of aromatic nitrogens is 2. The first-order chi connectivity index (χ1) is 12.2. The maximum Gasteiger partial charge on any atom is 0.226 e. The minimum Gasteiger partial charge on any atom is -0.493 e. The van der Waals surface area contributed by atoms with Crippen LogP contribution in [0.15, 0.2) is 54.6 Å². The number of nitrogens with one attached hydrogen (secondary N) is 1. The van der Waals surface area contributed by atoms with E-state index < -0.39 is 0 Å². The van der Waals surface area contributed by atoms with Gasteiger partial charge in [0.2, 0.25) is 11.0 Å². The minimum absolute atomic E-state index is 0.0795. The summed E-state index contributed by atoms with van der Waals surface area (Å²) < 4.78 is 5.69. The molecule has 0 fully saturated rings. The van der Waals surface area contributed by atoms with E-state index in [1.54, 1.807) is 0 Å².